The van der Waals surface area contributed by atoms with E-state index >= 15 is 0 Å². The highest BCUT2D eigenvalue weighted by molar-refractivity contribution is 8.02. The summed E-state index contributed by atoms with van der Waals surface area (Å²) in [5.41, 5.74) is 2.32. The van der Waals surface area contributed by atoms with E-state index in [1.165, 1.54) is 0 Å². The van der Waals surface area contributed by atoms with Crippen LogP contribution in [0.15, 0.2) is 48.5 Å². The van der Waals surface area contributed by atoms with Crippen LogP contribution < -0.4 is 10.6 Å². The number of halogens is 1. The molecule has 1 spiro atoms. The molecule has 0 radical (unpaired) electrons. The molecule has 2 bridgehead atoms. The molecule has 3 aliphatic heterocycles. The van der Waals surface area contributed by atoms with Crippen molar-refractivity contribution in [3.05, 3.63) is 64.7 Å². The Balaban J connectivity index is 1.49. The Labute approximate surface area is 232 Å². The van der Waals surface area contributed by atoms with Crippen molar-refractivity contribution in [2.24, 2.45) is 17.8 Å². The van der Waals surface area contributed by atoms with Gasteiger partial charge >= 0.3 is 0 Å². The number of likely N-dealkylation sites (tertiary alicyclic amines) is 1. The van der Waals surface area contributed by atoms with Crippen LogP contribution in [0.5, 0.6) is 0 Å². The van der Waals surface area contributed by atoms with Gasteiger partial charge in [-0.15, -0.1) is 11.8 Å². The summed E-state index contributed by atoms with van der Waals surface area (Å²) >= 11 is 8.04. The van der Waals surface area contributed by atoms with E-state index in [1.807, 2.05) is 63.2 Å². The fourth-order valence-corrected chi connectivity index (χ4v) is 9.03. The van der Waals surface area contributed by atoms with Gasteiger partial charge in [0.2, 0.25) is 17.7 Å². The summed E-state index contributed by atoms with van der Waals surface area (Å²) < 4.78 is -0.738. The van der Waals surface area contributed by atoms with E-state index in [0.717, 1.165) is 17.5 Å². The van der Waals surface area contributed by atoms with Crippen molar-refractivity contribution in [1.82, 2.24) is 10.2 Å². The van der Waals surface area contributed by atoms with Crippen LogP contribution in [0, 0.1) is 24.7 Å². The molecule has 0 aromatic heterocycles. The van der Waals surface area contributed by atoms with Gasteiger partial charge in [-0.2, -0.15) is 0 Å². The molecule has 0 aliphatic carbocycles. The van der Waals surface area contributed by atoms with Crippen molar-refractivity contribution < 1.29 is 19.5 Å². The van der Waals surface area contributed by atoms with E-state index in [2.05, 4.69) is 10.6 Å². The zero-order valence-corrected chi connectivity index (χ0v) is 23.4. The Hall–Kier alpha value is -2.55. The van der Waals surface area contributed by atoms with Crippen molar-refractivity contribution in [3.8, 4) is 0 Å². The zero-order valence-electron chi connectivity index (χ0n) is 21.8. The van der Waals surface area contributed by atoms with Gasteiger partial charge in [-0.25, -0.2) is 0 Å². The van der Waals surface area contributed by atoms with Gasteiger partial charge in [0, 0.05) is 11.8 Å². The number of aliphatic hydroxyl groups excluding tert-OH is 1. The monoisotopic (exact) mass is 555 g/mol. The van der Waals surface area contributed by atoms with Crippen molar-refractivity contribution in [2.75, 3.05) is 11.9 Å². The van der Waals surface area contributed by atoms with E-state index < -0.39 is 28.7 Å². The summed E-state index contributed by atoms with van der Waals surface area (Å²) in [7, 11) is 0. The maximum atomic E-state index is 14.2. The van der Waals surface area contributed by atoms with Crippen molar-refractivity contribution in [3.63, 3.8) is 0 Å². The smallest absolute Gasteiger partial charge is 0.248 e. The lowest BCUT2D eigenvalue weighted by atomic mass is 9.70. The molecule has 3 N–H and O–H groups in total. The summed E-state index contributed by atoms with van der Waals surface area (Å²) in [5, 5.41) is 16.8. The molecule has 5 rings (SSSR count). The second kappa shape index (κ2) is 10.5. The Morgan fingerprint density at radius 2 is 1.89 bits per heavy atom. The largest absolute Gasteiger partial charge is 0.394 e. The molecule has 9 heteroatoms. The topological polar surface area (TPSA) is 98.7 Å². The SMILES string of the molecule is Cc1cccc(Cl)c1NC(=O)C1N([C@@H](CO)C(C)C)C(=O)[C@@H]2[C@@H](C(=O)NCc3ccccc3)[C@H]3CCC12S3. The second-order valence-corrected chi connectivity index (χ2v) is 12.9. The predicted octanol–water partition coefficient (Wildman–Crippen LogP) is 4.01. The highest BCUT2D eigenvalue weighted by atomic mass is 35.5. The van der Waals surface area contributed by atoms with E-state index in [0.29, 0.717) is 23.7 Å². The third kappa shape index (κ3) is 4.40. The molecule has 3 fully saturated rings. The molecule has 3 saturated heterocycles. The summed E-state index contributed by atoms with van der Waals surface area (Å²) in [5.74, 6) is -1.93. The molecule has 38 heavy (non-hydrogen) atoms. The van der Waals surface area contributed by atoms with Gasteiger partial charge in [-0.3, -0.25) is 14.4 Å². The number of carbonyl (C=O) groups is 3. The number of carbonyl (C=O) groups excluding carboxylic acids is 3. The highest BCUT2D eigenvalue weighted by Gasteiger charge is 2.74. The van der Waals surface area contributed by atoms with Crippen LogP contribution in [0.2, 0.25) is 5.02 Å². The Bertz CT molecular complexity index is 1220. The molecule has 6 atom stereocenters. The molecule has 2 aromatic rings. The maximum absolute atomic E-state index is 14.2. The van der Waals surface area contributed by atoms with Gasteiger partial charge in [0.1, 0.15) is 6.04 Å². The predicted molar refractivity (Wildman–Crippen MR) is 150 cm³/mol. The van der Waals surface area contributed by atoms with Crippen LogP contribution in [0.4, 0.5) is 5.69 Å². The van der Waals surface area contributed by atoms with Gasteiger partial charge in [-0.05, 0) is 42.9 Å². The van der Waals surface area contributed by atoms with Gasteiger partial charge in [0.05, 0.1) is 39.9 Å². The van der Waals surface area contributed by atoms with Crippen LogP contribution in [0.1, 0.15) is 37.8 Å². The minimum Gasteiger partial charge on any atom is -0.394 e. The Kier molecular flexibility index (Phi) is 7.50. The summed E-state index contributed by atoms with van der Waals surface area (Å²) in [6.07, 6.45) is 1.42. The molecule has 202 valence electrons. The van der Waals surface area contributed by atoms with E-state index in [-0.39, 0.29) is 35.5 Å². The van der Waals surface area contributed by atoms with Crippen LogP contribution >= 0.6 is 23.4 Å². The first-order valence-corrected chi connectivity index (χ1v) is 14.4. The number of rotatable bonds is 8. The average molecular weight is 556 g/mol. The van der Waals surface area contributed by atoms with Gasteiger partial charge in [0.15, 0.2) is 0 Å². The Morgan fingerprint density at radius 3 is 2.55 bits per heavy atom. The summed E-state index contributed by atoms with van der Waals surface area (Å²) in [4.78, 5) is 43.4. The fraction of sp³-hybridized carbons (Fsp3) is 0.483. The molecular formula is C29H34ClN3O4S. The number of para-hydroxylation sites is 1. The lowest BCUT2D eigenvalue weighted by Gasteiger charge is -2.38. The number of nitrogens with one attached hydrogen (secondary N) is 2. The first-order chi connectivity index (χ1) is 18.2. The minimum atomic E-state index is -0.822. The Morgan fingerprint density at radius 1 is 1.16 bits per heavy atom. The molecule has 7 nitrogen and oxygen atoms in total. The van der Waals surface area contributed by atoms with Gasteiger partial charge in [-0.1, -0.05) is 67.9 Å². The highest BCUT2D eigenvalue weighted by Crippen LogP contribution is 2.66. The molecule has 2 unspecified atom stereocenters. The number of aryl methyl sites for hydroxylation is 1. The average Bonchev–Trinajstić information content (AvgIpc) is 3.53. The zero-order chi connectivity index (χ0) is 27.2. The van der Waals surface area contributed by atoms with Crippen LogP contribution in [0.25, 0.3) is 0 Å². The summed E-state index contributed by atoms with van der Waals surface area (Å²) in [6, 6.07) is 13.7. The van der Waals surface area contributed by atoms with Gasteiger partial charge < -0.3 is 20.6 Å². The lowest BCUT2D eigenvalue weighted by Crippen LogP contribution is -2.56. The van der Waals surface area contributed by atoms with E-state index in [1.54, 1.807) is 22.7 Å². The quantitative estimate of drug-likeness (QED) is 0.457. The molecule has 2 aromatic carbocycles. The first kappa shape index (κ1) is 27.0. The molecule has 3 aliphatic rings. The van der Waals surface area contributed by atoms with Crippen molar-refractivity contribution >= 4 is 46.8 Å². The number of fused-ring (bicyclic) bond motifs is 1. The van der Waals surface area contributed by atoms with Crippen molar-refractivity contribution in [2.45, 2.75) is 62.2 Å². The van der Waals surface area contributed by atoms with E-state index in [4.69, 9.17) is 11.6 Å². The summed E-state index contributed by atoms with van der Waals surface area (Å²) in [6.45, 7) is 5.85. The number of amides is 3. The molecule has 0 saturated carbocycles. The van der Waals surface area contributed by atoms with Crippen LogP contribution in [-0.4, -0.2) is 56.4 Å². The maximum Gasteiger partial charge on any atom is 0.248 e. The second-order valence-electron chi connectivity index (χ2n) is 10.9. The number of hydrogen-bond acceptors (Lipinski definition) is 5. The minimum absolute atomic E-state index is 0.0363. The number of aliphatic hydroxyl groups is 1. The number of anilines is 1. The van der Waals surface area contributed by atoms with Gasteiger partial charge in [0.25, 0.3) is 0 Å². The number of thioether (sulfide) groups is 1. The third-order valence-electron chi connectivity index (χ3n) is 8.38. The molecular weight excluding hydrogens is 522 g/mol. The normalized spacial score (nSPS) is 28.5. The van der Waals surface area contributed by atoms with Crippen LogP contribution in [-0.2, 0) is 20.9 Å². The molecule has 3 amide bonds. The number of hydrogen-bond donors (Lipinski definition) is 3. The third-order valence-corrected chi connectivity index (χ3v) is 10.6. The number of benzene rings is 2. The van der Waals surface area contributed by atoms with Crippen molar-refractivity contribution in [1.29, 1.82) is 0 Å². The van der Waals surface area contributed by atoms with Crippen LogP contribution in [0.3, 0.4) is 0 Å². The standard InChI is InChI=1S/C29H34ClN3O4S/c1-16(2)20(15-34)33-25(27(36)32-24-17(3)8-7-11-19(24)30)29-13-12-21(38-29)22(23(29)28(33)37)26(35)31-14-18-9-5-4-6-10-18/h4-11,16,20-23,25,34H,12-15H2,1-3H3,(H,31,35)(H,32,36)/t20-,21+,22-,23-,25?,29?/m0/s1. The molecule has 3 heterocycles. The lowest BCUT2D eigenvalue weighted by molar-refractivity contribution is -0.143. The first-order valence-electron chi connectivity index (χ1n) is 13.2. The number of nitrogens with zero attached hydrogens (tertiary/aromatic N) is 1. The van der Waals surface area contributed by atoms with E-state index in [9.17, 15) is 19.5 Å². The fourth-order valence-electron chi connectivity index (χ4n) is 6.55.